The third kappa shape index (κ3) is 3.80. The third-order valence-corrected chi connectivity index (χ3v) is 3.03. The summed E-state index contributed by atoms with van der Waals surface area (Å²) in [5.41, 5.74) is 3.31. The minimum atomic E-state index is 0.168. The molecule has 0 radical (unpaired) electrons. The molecule has 0 spiro atoms. The summed E-state index contributed by atoms with van der Waals surface area (Å²) >= 11 is 0. The molecule has 0 bridgehead atoms. The molecule has 1 N–H and O–H groups in total. The van der Waals surface area contributed by atoms with Crippen molar-refractivity contribution in [2.75, 3.05) is 6.54 Å². The molecule has 2 aromatic rings. The number of hydrogen-bond donors (Lipinski definition) is 1. The predicted octanol–water partition coefficient (Wildman–Crippen LogP) is 3.88. The van der Waals surface area contributed by atoms with Gasteiger partial charge in [-0.15, -0.1) is 0 Å². The van der Waals surface area contributed by atoms with Gasteiger partial charge in [0.05, 0.1) is 0 Å². The monoisotopic (exact) mass is 260 g/mol. The zero-order valence-electron chi connectivity index (χ0n) is 12.6. The molecule has 0 atom stereocenters. The molecule has 0 aliphatic carbocycles. The molecule has 0 unspecified atom stereocenters. The van der Waals surface area contributed by atoms with E-state index in [0.717, 1.165) is 30.0 Å². The number of nitrogens with one attached hydrogen (secondary N) is 1. The van der Waals surface area contributed by atoms with Crippen LogP contribution in [0.5, 0.6) is 0 Å². The van der Waals surface area contributed by atoms with Gasteiger partial charge in [0.15, 0.2) is 11.5 Å². The summed E-state index contributed by atoms with van der Waals surface area (Å²) in [5, 5.41) is 3.50. The van der Waals surface area contributed by atoms with Crippen molar-refractivity contribution in [1.82, 2.24) is 10.3 Å². The highest BCUT2D eigenvalue weighted by molar-refractivity contribution is 5.73. The largest absolute Gasteiger partial charge is 0.440 e. The lowest BCUT2D eigenvalue weighted by molar-refractivity contribution is 0.429. The highest BCUT2D eigenvalue weighted by Crippen LogP contribution is 2.22. The first-order valence-corrected chi connectivity index (χ1v) is 6.99. The first-order chi connectivity index (χ1) is 8.85. The quantitative estimate of drug-likeness (QED) is 0.906. The summed E-state index contributed by atoms with van der Waals surface area (Å²) in [5.74, 6) is 1.15. The second kappa shape index (κ2) is 5.33. The maximum atomic E-state index is 5.79. The van der Waals surface area contributed by atoms with Crippen molar-refractivity contribution in [2.45, 2.75) is 52.5 Å². The van der Waals surface area contributed by atoms with Crippen LogP contribution in [0.1, 0.15) is 52.0 Å². The number of benzene rings is 1. The van der Waals surface area contributed by atoms with E-state index in [2.05, 4.69) is 63.1 Å². The summed E-state index contributed by atoms with van der Waals surface area (Å²) in [6, 6.07) is 6.30. The summed E-state index contributed by atoms with van der Waals surface area (Å²) < 4.78 is 5.79. The van der Waals surface area contributed by atoms with Crippen LogP contribution < -0.4 is 5.32 Å². The average molecular weight is 260 g/mol. The molecule has 1 aromatic carbocycles. The van der Waals surface area contributed by atoms with Crippen molar-refractivity contribution >= 4 is 11.1 Å². The maximum Gasteiger partial charge on any atom is 0.198 e. The number of hydrogen-bond acceptors (Lipinski definition) is 3. The van der Waals surface area contributed by atoms with Crippen molar-refractivity contribution in [1.29, 1.82) is 0 Å². The second-order valence-corrected chi connectivity index (χ2v) is 6.44. The van der Waals surface area contributed by atoms with Crippen LogP contribution >= 0.6 is 0 Å². The molecule has 0 amide bonds. The fourth-order valence-electron chi connectivity index (χ4n) is 1.97. The van der Waals surface area contributed by atoms with Crippen molar-refractivity contribution < 1.29 is 4.42 Å². The van der Waals surface area contributed by atoms with E-state index < -0.39 is 0 Å². The van der Waals surface area contributed by atoms with Crippen LogP contribution in [0.25, 0.3) is 11.1 Å². The Kier molecular flexibility index (Phi) is 3.95. The lowest BCUT2D eigenvalue weighted by Crippen LogP contribution is -2.37. The van der Waals surface area contributed by atoms with E-state index in [4.69, 9.17) is 4.42 Å². The van der Waals surface area contributed by atoms with Crippen LogP contribution in [0, 0.1) is 0 Å². The Morgan fingerprint density at radius 2 is 2.00 bits per heavy atom. The van der Waals surface area contributed by atoms with Gasteiger partial charge in [0, 0.05) is 11.5 Å². The summed E-state index contributed by atoms with van der Waals surface area (Å²) in [4.78, 5) is 4.49. The number of aromatic nitrogens is 1. The molecule has 2 rings (SSSR count). The molecule has 3 heteroatoms. The SMILES string of the molecule is CC(C)c1nc2ccc(CCNC(C)(C)C)cc2o1. The first kappa shape index (κ1) is 14.1. The molecule has 3 nitrogen and oxygen atoms in total. The smallest absolute Gasteiger partial charge is 0.198 e. The number of fused-ring (bicyclic) bond motifs is 1. The maximum absolute atomic E-state index is 5.79. The Labute approximate surface area is 115 Å². The lowest BCUT2D eigenvalue weighted by Gasteiger charge is -2.20. The molecule has 1 heterocycles. The normalized spacial score (nSPS) is 12.5. The van der Waals surface area contributed by atoms with Crippen LogP contribution in [0.4, 0.5) is 0 Å². The van der Waals surface area contributed by atoms with E-state index in [1.807, 2.05) is 0 Å². The van der Waals surface area contributed by atoms with Crippen molar-refractivity contribution in [3.05, 3.63) is 29.7 Å². The Balaban J connectivity index is 2.08. The van der Waals surface area contributed by atoms with E-state index in [9.17, 15) is 0 Å². The summed E-state index contributed by atoms with van der Waals surface area (Å²) in [6.07, 6.45) is 1.00. The molecule has 0 aliphatic heterocycles. The highest BCUT2D eigenvalue weighted by Gasteiger charge is 2.10. The van der Waals surface area contributed by atoms with Crippen LogP contribution in [-0.4, -0.2) is 17.1 Å². The fraction of sp³-hybridized carbons (Fsp3) is 0.562. The van der Waals surface area contributed by atoms with E-state index in [-0.39, 0.29) is 5.54 Å². The first-order valence-electron chi connectivity index (χ1n) is 6.99. The number of rotatable bonds is 4. The van der Waals surface area contributed by atoms with Gasteiger partial charge >= 0.3 is 0 Å². The number of nitrogens with zero attached hydrogens (tertiary/aromatic N) is 1. The molecule has 0 aliphatic rings. The zero-order chi connectivity index (χ0) is 14.0. The van der Waals surface area contributed by atoms with Gasteiger partial charge in [0.2, 0.25) is 0 Å². The third-order valence-electron chi connectivity index (χ3n) is 3.03. The van der Waals surface area contributed by atoms with Gasteiger partial charge in [-0.25, -0.2) is 4.98 Å². The van der Waals surface area contributed by atoms with E-state index in [1.165, 1.54) is 5.56 Å². The van der Waals surface area contributed by atoms with E-state index in [0.29, 0.717) is 5.92 Å². The van der Waals surface area contributed by atoms with Crippen molar-refractivity contribution in [3.63, 3.8) is 0 Å². The fourth-order valence-corrected chi connectivity index (χ4v) is 1.97. The van der Waals surface area contributed by atoms with Gasteiger partial charge in [0.1, 0.15) is 5.52 Å². The van der Waals surface area contributed by atoms with E-state index in [1.54, 1.807) is 0 Å². The van der Waals surface area contributed by atoms with Gasteiger partial charge in [-0.05, 0) is 51.4 Å². The Morgan fingerprint density at radius 3 is 2.63 bits per heavy atom. The van der Waals surface area contributed by atoms with E-state index >= 15 is 0 Å². The summed E-state index contributed by atoms with van der Waals surface area (Å²) in [7, 11) is 0. The molecule has 1 aromatic heterocycles. The minimum Gasteiger partial charge on any atom is -0.440 e. The van der Waals surface area contributed by atoms with Crippen LogP contribution in [0.2, 0.25) is 0 Å². The predicted molar refractivity (Wildman–Crippen MR) is 79.6 cm³/mol. The molecule has 0 saturated carbocycles. The van der Waals surface area contributed by atoms with Crippen LogP contribution in [-0.2, 0) is 6.42 Å². The van der Waals surface area contributed by atoms with Gasteiger partial charge in [-0.2, -0.15) is 0 Å². The minimum absolute atomic E-state index is 0.168. The Hall–Kier alpha value is -1.35. The molecule has 104 valence electrons. The highest BCUT2D eigenvalue weighted by atomic mass is 16.3. The van der Waals surface area contributed by atoms with Gasteiger partial charge in [0.25, 0.3) is 0 Å². The molecular formula is C16H24N2O. The summed E-state index contributed by atoms with van der Waals surface area (Å²) in [6.45, 7) is 11.7. The molecule has 19 heavy (non-hydrogen) atoms. The molecule has 0 saturated heterocycles. The number of oxazole rings is 1. The standard InChI is InChI=1S/C16H24N2O/c1-11(2)15-18-13-7-6-12(10-14(13)19-15)8-9-17-16(3,4)5/h6-7,10-11,17H,8-9H2,1-5H3. The second-order valence-electron chi connectivity index (χ2n) is 6.44. The van der Waals surface area contributed by atoms with Crippen molar-refractivity contribution in [2.24, 2.45) is 0 Å². The van der Waals surface area contributed by atoms with Gasteiger partial charge in [-0.3, -0.25) is 0 Å². The Bertz CT molecular complexity index is 549. The van der Waals surface area contributed by atoms with Gasteiger partial charge in [-0.1, -0.05) is 19.9 Å². The van der Waals surface area contributed by atoms with Gasteiger partial charge < -0.3 is 9.73 Å². The topological polar surface area (TPSA) is 38.1 Å². The van der Waals surface area contributed by atoms with Crippen LogP contribution in [0.3, 0.4) is 0 Å². The molecule has 0 fully saturated rings. The lowest BCUT2D eigenvalue weighted by atomic mass is 10.1. The van der Waals surface area contributed by atoms with Crippen LogP contribution in [0.15, 0.2) is 22.6 Å². The Morgan fingerprint density at radius 1 is 1.26 bits per heavy atom. The molecular weight excluding hydrogens is 236 g/mol. The zero-order valence-corrected chi connectivity index (χ0v) is 12.6. The van der Waals surface area contributed by atoms with Crippen molar-refractivity contribution in [3.8, 4) is 0 Å². The average Bonchev–Trinajstić information content (AvgIpc) is 2.70.